The zero-order valence-electron chi connectivity index (χ0n) is 23.2. The Morgan fingerprint density at radius 2 is 2.00 bits per heavy atom. The van der Waals surface area contributed by atoms with Crippen LogP contribution in [-0.2, 0) is 22.7 Å². The second-order valence-electron chi connectivity index (χ2n) is 11.5. The fourth-order valence-electron chi connectivity index (χ4n) is 6.46. The Morgan fingerprint density at radius 1 is 1.18 bits per heavy atom. The minimum atomic E-state index is -0.296. The number of aromatic nitrogens is 1. The van der Waals surface area contributed by atoms with Crippen molar-refractivity contribution in [2.45, 2.75) is 44.8 Å². The van der Waals surface area contributed by atoms with E-state index >= 15 is 0 Å². The maximum Gasteiger partial charge on any atom is 0.227 e. The van der Waals surface area contributed by atoms with E-state index in [4.69, 9.17) is 4.74 Å². The summed E-state index contributed by atoms with van der Waals surface area (Å²) in [5, 5.41) is 7.26. The molecule has 0 spiro atoms. The van der Waals surface area contributed by atoms with Crippen molar-refractivity contribution in [1.29, 1.82) is 0 Å². The third kappa shape index (κ3) is 5.24. The minimum absolute atomic E-state index is 0.00955. The summed E-state index contributed by atoms with van der Waals surface area (Å²) < 4.78 is 21.6. The zero-order valence-corrected chi connectivity index (χ0v) is 23.2. The van der Waals surface area contributed by atoms with Gasteiger partial charge in [-0.1, -0.05) is 24.3 Å². The lowest BCUT2D eigenvalue weighted by molar-refractivity contribution is -0.141. The minimum Gasteiger partial charge on any atom is -0.497 e. The predicted molar refractivity (Wildman–Crippen MR) is 152 cm³/mol. The highest BCUT2D eigenvalue weighted by molar-refractivity contribution is 5.87. The van der Waals surface area contributed by atoms with Crippen molar-refractivity contribution in [2.75, 3.05) is 27.2 Å². The molecular formula is C32H37FN4O3. The highest BCUT2D eigenvalue weighted by Gasteiger charge is 2.51. The second-order valence-corrected chi connectivity index (χ2v) is 11.5. The van der Waals surface area contributed by atoms with Gasteiger partial charge in [0.1, 0.15) is 11.6 Å². The molecule has 6 rings (SSSR count). The van der Waals surface area contributed by atoms with Gasteiger partial charge in [0.15, 0.2) is 0 Å². The van der Waals surface area contributed by atoms with Gasteiger partial charge in [0.2, 0.25) is 11.8 Å². The average Bonchev–Trinajstić information content (AvgIpc) is 3.91. The number of carbonyl (C=O) groups is 2. The smallest absolute Gasteiger partial charge is 0.227 e. The second kappa shape index (κ2) is 10.7. The van der Waals surface area contributed by atoms with Gasteiger partial charge in [0.25, 0.3) is 0 Å². The van der Waals surface area contributed by atoms with Crippen LogP contribution in [0.1, 0.15) is 36.8 Å². The Hall–Kier alpha value is -3.65. The molecule has 0 unspecified atom stereocenters. The Labute approximate surface area is 234 Å². The van der Waals surface area contributed by atoms with Crippen molar-refractivity contribution in [3.8, 4) is 5.75 Å². The van der Waals surface area contributed by atoms with Crippen LogP contribution in [0.5, 0.6) is 5.75 Å². The number of hydrogen-bond acceptors (Lipinski definition) is 4. The summed E-state index contributed by atoms with van der Waals surface area (Å²) in [5.41, 5.74) is 2.63. The Morgan fingerprint density at radius 3 is 2.70 bits per heavy atom. The lowest BCUT2D eigenvalue weighted by Gasteiger charge is -2.39. The first-order valence-electron chi connectivity index (χ1n) is 14.2. The van der Waals surface area contributed by atoms with E-state index in [1.165, 1.54) is 6.07 Å². The number of nitrogens with zero attached hydrogens (tertiary/aromatic N) is 2. The zero-order chi connectivity index (χ0) is 27.9. The number of methoxy groups -OCH3 is 1. The molecule has 1 aliphatic heterocycles. The number of carbonyl (C=O) groups excluding carboxylic acids is 2. The van der Waals surface area contributed by atoms with Crippen molar-refractivity contribution in [1.82, 2.24) is 20.1 Å². The summed E-state index contributed by atoms with van der Waals surface area (Å²) in [7, 11) is 3.31. The molecule has 2 aromatic carbocycles. The number of amides is 2. The van der Waals surface area contributed by atoms with Gasteiger partial charge >= 0.3 is 0 Å². The van der Waals surface area contributed by atoms with Crippen LogP contribution in [-0.4, -0.2) is 54.6 Å². The van der Waals surface area contributed by atoms with Gasteiger partial charge in [0, 0.05) is 62.2 Å². The van der Waals surface area contributed by atoms with Crippen LogP contribution in [0.4, 0.5) is 4.39 Å². The number of benzene rings is 2. The molecule has 2 atom stereocenters. The van der Waals surface area contributed by atoms with E-state index < -0.39 is 0 Å². The molecule has 40 heavy (non-hydrogen) atoms. The molecule has 2 amide bonds. The Kier molecular flexibility index (Phi) is 7.13. The van der Waals surface area contributed by atoms with Crippen molar-refractivity contribution in [3.05, 3.63) is 77.8 Å². The topological polar surface area (TPSA) is 75.6 Å². The lowest BCUT2D eigenvalue weighted by atomic mass is 9.71. The van der Waals surface area contributed by atoms with E-state index in [2.05, 4.69) is 44.5 Å². The molecule has 2 N–H and O–H groups in total. The van der Waals surface area contributed by atoms with E-state index in [-0.39, 0.29) is 40.9 Å². The summed E-state index contributed by atoms with van der Waals surface area (Å²) >= 11 is 0. The third-order valence-corrected chi connectivity index (χ3v) is 8.86. The molecule has 1 aromatic heterocycles. The van der Waals surface area contributed by atoms with Crippen LogP contribution in [0, 0.1) is 23.1 Å². The highest BCUT2D eigenvalue weighted by Crippen LogP contribution is 2.51. The molecule has 210 valence electrons. The van der Waals surface area contributed by atoms with E-state index in [1.54, 1.807) is 26.3 Å². The largest absolute Gasteiger partial charge is 0.497 e. The van der Waals surface area contributed by atoms with Gasteiger partial charge in [0.05, 0.1) is 18.5 Å². The van der Waals surface area contributed by atoms with Crippen molar-refractivity contribution >= 4 is 22.7 Å². The quantitative estimate of drug-likeness (QED) is 0.375. The number of fused-ring (bicyclic) bond motifs is 1. The van der Waals surface area contributed by atoms with Crippen molar-refractivity contribution in [2.24, 2.45) is 17.3 Å². The Balaban J connectivity index is 1.30. The van der Waals surface area contributed by atoms with Crippen LogP contribution >= 0.6 is 0 Å². The normalized spacial score (nSPS) is 21.3. The molecule has 7 nitrogen and oxygen atoms in total. The SMILES string of the molecule is CNC(=O)CC1([C@H]2CCNC[C@@H]2C(=O)N(Cc2cn(Cc3cccc(F)c3)c3cc(OC)ccc23)C2CC2)C=C1. The number of allylic oxidation sites excluding steroid dienone is 2. The van der Waals surface area contributed by atoms with Gasteiger partial charge in [-0.05, 0) is 67.1 Å². The van der Waals surface area contributed by atoms with Crippen LogP contribution < -0.4 is 15.4 Å². The van der Waals surface area contributed by atoms with Crippen LogP contribution in [0.2, 0.25) is 0 Å². The molecule has 0 bridgehead atoms. The molecule has 0 radical (unpaired) electrons. The first-order chi connectivity index (χ1) is 19.4. The molecule has 1 saturated carbocycles. The molecule has 8 heteroatoms. The summed E-state index contributed by atoms with van der Waals surface area (Å²) in [6.45, 7) is 2.51. The van der Waals surface area contributed by atoms with Crippen LogP contribution in [0.25, 0.3) is 10.9 Å². The Bertz CT molecular complexity index is 1450. The van der Waals surface area contributed by atoms with Crippen molar-refractivity contribution in [3.63, 3.8) is 0 Å². The highest BCUT2D eigenvalue weighted by atomic mass is 19.1. The first kappa shape index (κ1) is 26.6. The van der Waals surface area contributed by atoms with Gasteiger partial charge in [-0.25, -0.2) is 4.39 Å². The van der Waals surface area contributed by atoms with Gasteiger partial charge in [-0.2, -0.15) is 0 Å². The molecule has 3 aromatic rings. The van der Waals surface area contributed by atoms with Gasteiger partial charge in [-0.15, -0.1) is 0 Å². The monoisotopic (exact) mass is 544 g/mol. The number of hydrogen-bond donors (Lipinski definition) is 2. The third-order valence-electron chi connectivity index (χ3n) is 8.86. The summed E-state index contributed by atoms with van der Waals surface area (Å²) in [6, 6.07) is 12.9. The van der Waals surface area contributed by atoms with Crippen molar-refractivity contribution < 1.29 is 18.7 Å². The maximum atomic E-state index is 14.3. The number of ether oxygens (including phenoxy) is 1. The summed E-state index contributed by atoms with van der Waals surface area (Å²) in [4.78, 5) is 28.7. The molecule has 1 saturated heterocycles. The summed E-state index contributed by atoms with van der Waals surface area (Å²) in [5.74, 6) is 0.599. The molecule has 2 aliphatic carbocycles. The average molecular weight is 545 g/mol. The van der Waals surface area contributed by atoms with Crippen LogP contribution in [0.3, 0.4) is 0 Å². The fourth-order valence-corrected chi connectivity index (χ4v) is 6.46. The van der Waals surface area contributed by atoms with Crippen LogP contribution in [0.15, 0.2) is 60.8 Å². The lowest BCUT2D eigenvalue weighted by Crippen LogP contribution is -2.50. The summed E-state index contributed by atoms with van der Waals surface area (Å²) in [6.07, 6.45) is 9.62. The standard InChI is InChI=1S/C32H37FN4O3/c1-34-30(38)16-32(11-12-32)28-10-13-35-17-27(28)31(39)37(24-6-7-24)20-22-19-36(18-21-4-3-5-23(33)14-21)29-15-25(40-2)8-9-26(22)29/h3-5,8-9,11-12,14-15,19,24,27-28,35H,6-7,10,13,16-18,20H2,1-2H3,(H,34,38)/t27-,28-/m0/s1. The number of halogens is 1. The molecule has 3 aliphatic rings. The molecule has 2 heterocycles. The van der Waals surface area contributed by atoms with E-state index in [0.29, 0.717) is 26.1 Å². The van der Waals surface area contributed by atoms with E-state index in [0.717, 1.165) is 53.6 Å². The van der Waals surface area contributed by atoms with E-state index in [9.17, 15) is 14.0 Å². The molecular weight excluding hydrogens is 507 g/mol. The number of rotatable bonds is 10. The number of nitrogens with one attached hydrogen (secondary N) is 2. The predicted octanol–water partition coefficient (Wildman–Crippen LogP) is 4.25. The fraction of sp³-hybridized carbons (Fsp3) is 0.438. The van der Waals surface area contributed by atoms with E-state index in [1.807, 2.05) is 18.2 Å². The van der Waals surface area contributed by atoms with Gasteiger partial charge < -0.3 is 24.8 Å². The number of piperidine rings is 1. The maximum absolute atomic E-state index is 14.3. The molecule has 2 fully saturated rings. The van der Waals surface area contributed by atoms with Gasteiger partial charge in [-0.3, -0.25) is 9.59 Å². The first-order valence-corrected chi connectivity index (χ1v) is 14.2.